The van der Waals surface area contributed by atoms with Crippen LogP contribution in [0.25, 0.3) is 0 Å². The van der Waals surface area contributed by atoms with Crippen molar-refractivity contribution < 1.29 is 13.2 Å². The Morgan fingerprint density at radius 1 is 1.37 bits per heavy atom. The van der Waals surface area contributed by atoms with Gasteiger partial charge in [-0.3, -0.25) is 4.90 Å². The third-order valence-electron chi connectivity index (χ3n) is 4.58. The van der Waals surface area contributed by atoms with Gasteiger partial charge in [-0.25, -0.2) is 0 Å². The molecule has 0 aliphatic heterocycles. The van der Waals surface area contributed by atoms with E-state index in [1.807, 2.05) is 13.3 Å². The zero-order chi connectivity index (χ0) is 14.7. The molecule has 2 nitrogen and oxygen atoms in total. The summed E-state index contributed by atoms with van der Waals surface area (Å²) in [6.45, 7) is 2.55. The van der Waals surface area contributed by atoms with Crippen LogP contribution in [0.15, 0.2) is 0 Å². The fourth-order valence-electron chi connectivity index (χ4n) is 3.00. The second kappa shape index (κ2) is 6.68. The molecule has 0 aromatic carbocycles. The van der Waals surface area contributed by atoms with Crippen LogP contribution in [0.3, 0.4) is 0 Å². The van der Waals surface area contributed by atoms with Crippen LogP contribution in [0.1, 0.15) is 32.6 Å². The van der Waals surface area contributed by atoms with Crippen LogP contribution in [-0.4, -0.2) is 48.3 Å². The predicted molar refractivity (Wildman–Crippen MR) is 75.4 cm³/mol. The van der Waals surface area contributed by atoms with Crippen molar-refractivity contribution in [1.82, 2.24) is 4.90 Å². The Bertz CT molecular complexity index is 276. The lowest BCUT2D eigenvalue weighted by molar-refractivity contribution is -0.188. The Morgan fingerprint density at radius 3 is 2.26 bits per heavy atom. The minimum absolute atomic E-state index is 0.205. The first kappa shape index (κ1) is 17.1. The molecule has 0 radical (unpaired) electrons. The Balaban J connectivity index is 2.69. The summed E-state index contributed by atoms with van der Waals surface area (Å²) in [7, 11) is 2.00. The van der Waals surface area contributed by atoms with Gasteiger partial charge in [-0.05, 0) is 45.9 Å². The maximum Gasteiger partial charge on any atom is 0.391 e. The van der Waals surface area contributed by atoms with Gasteiger partial charge in [-0.15, -0.1) is 0 Å². The molecule has 19 heavy (non-hydrogen) atoms. The van der Waals surface area contributed by atoms with Crippen molar-refractivity contribution >= 4 is 11.8 Å². The molecule has 1 unspecified atom stereocenters. The summed E-state index contributed by atoms with van der Waals surface area (Å²) < 4.78 is 38.2. The lowest BCUT2D eigenvalue weighted by atomic mass is 9.75. The molecular weight excluding hydrogens is 273 g/mol. The van der Waals surface area contributed by atoms with Gasteiger partial charge in [-0.2, -0.15) is 24.9 Å². The van der Waals surface area contributed by atoms with E-state index in [-0.39, 0.29) is 18.4 Å². The number of alkyl halides is 3. The lowest BCUT2D eigenvalue weighted by Crippen LogP contribution is -2.58. The third kappa shape index (κ3) is 4.02. The highest BCUT2D eigenvalue weighted by molar-refractivity contribution is 7.98. The first-order chi connectivity index (χ1) is 8.77. The molecule has 114 valence electrons. The van der Waals surface area contributed by atoms with Crippen molar-refractivity contribution in [1.29, 1.82) is 0 Å². The summed E-state index contributed by atoms with van der Waals surface area (Å²) >= 11 is 1.75. The Kier molecular flexibility index (Phi) is 6.01. The molecule has 0 amide bonds. The first-order valence-electron chi connectivity index (χ1n) is 6.75. The van der Waals surface area contributed by atoms with E-state index in [4.69, 9.17) is 5.73 Å². The van der Waals surface area contributed by atoms with Gasteiger partial charge in [0.15, 0.2) is 0 Å². The van der Waals surface area contributed by atoms with E-state index in [0.29, 0.717) is 25.4 Å². The molecule has 0 aromatic rings. The minimum atomic E-state index is -4.05. The van der Waals surface area contributed by atoms with Gasteiger partial charge in [0.05, 0.1) is 5.92 Å². The van der Waals surface area contributed by atoms with Crippen molar-refractivity contribution in [2.45, 2.75) is 50.4 Å². The van der Waals surface area contributed by atoms with E-state index >= 15 is 0 Å². The van der Waals surface area contributed by atoms with Crippen molar-refractivity contribution in [3.63, 3.8) is 0 Å². The molecule has 2 N–H and O–H groups in total. The third-order valence-corrected chi connectivity index (χ3v) is 5.39. The number of nitrogens with zero attached hydrogens (tertiary/aromatic N) is 1. The molecule has 0 aromatic heterocycles. The van der Waals surface area contributed by atoms with Crippen molar-refractivity contribution in [2.24, 2.45) is 11.7 Å². The van der Waals surface area contributed by atoms with Crippen LogP contribution in [-0.2, 0) is 0 Å². The van der Waals surface area contributed by atoms with Gasteiger partial charge in [0.25, 0.3) is 0 Å². The number of rotatable bonds is 5. The lowest BCUT2D eigenvalue weighted by Gasteiger charge is -2.48. The zero-order valence-corrected chi connectivity index (χ0v) is 12.8. The smallest absolute Gasteiger partial charge is 0.329 e. The fourth-order valence-corrected chi connectivity index (χ4v) is 3.71. The topological polar surface area (TPSA) is 29.3 Å². The number of nitrogens with two attached hydrogens (primary N) is 1. The van der Waals surface area contributed by atoms with Gasteiger partial charge in [0.1, 0.15) is 0 Å². The normalized spacial score (nSPS) is 30.6. The number of thioether (sulfide) groups is 1. The highest BCUT2D eigenvalue weighted by atomic mass is 32.2. The fraction of sp³-hybridized carbons (Fsp3) is 1.00. The van der Waals surface area contributed by atoms with E-state index < -0.39 is 12.1 Å². The molecule has 0 heterocycles. The predicted octanol–water partition coefficient (Wildman–Crippen LogP) is 3.12. The second-order valence-electron chi connectivity index (χ2n) is 5.66. The summed E-state index contributed by atoms with van der Waals surface area (Å²) in [5.74, 6) is -0.169. The number of halogens is 3. The van der Waals surface area contributed by atoms with Gasteiger partial charge >= 0.3 is 6.18 Å². The molecule has 6 heteroatoms. The molecule has 0 bridgehead atoms. The summed E-state index contributed by atoms with van der Waals surface area (Å²) in [5.41, 5.74) is 5.64. The summed E-state index contributed by atoms with van der Waals surface area (Å²) in [6, 6.07) is 0.334. The Labute approximate surface area is 118 Å². The summed E-state index contributed by atoms with van der Waals surface area (Å²) in [5, 5.41) is 0. The van der Waals surface area contributed by atoms with Crippen LogP contribution in [0.5, 0.6) is 0 Å². The van der Waals surface area contributed by atoms with Crippen LogP contribution in [0.2, 0.25) is 0 Å². The molecule has 1 rings (SSSR count). The van der Waals surface area contributed by atoms with Crippen molar-refractivity contribution in [3.05, 3.63) is 0 Å². The molecule has 0 spiro atoms. The zero-order valence-electron chi connectivity index (χ0n) is 12.0. The highest BCUT2D eigenvalue weighted by Gasteiger charge is 2.47. The number of likely N-dealkylation sites (N-methyl/N-ethyl adjacent to an activating group) is 1. The summed E-state index contributed by atoms with van der Waals surface area (Å²) in [4.78, 5) is 2.20. The quantitative estimate of drug-likeness (QED) is 0.845. The average Bonchev–Trinajstić information content (AvgIpc) is 2.37. The highest BCUT2D eigenvalue weighted by Crippen LogP contribution is 2.43. The van der Waals surface area contributed by atoms with Crippen LogP contribution in [0.4, 0.5) is 13.2 Å². The van der Waals surface area contributed by atoms with Gasteiger partial charge in [0, 0.05) is 23.9 Å². The minimum Gasteiger partial charge on any atom is -0.329 e. The number of hydrogen-bond donors (Lipinski definition) is 1. The van der Waals surface area contributed by atoms with Gasteiger partial charge in [0.2, 0.25) is 0 Å². The molecular formula is C13H25F3N2S. The van der Waals surface area contributed by atoms with Crippen molar-refractivity contribution in [3.8, 4) is 0 Å². The van der Waals surface area contributed by atoms with E-state index in [9.17, 15) is 13.2 Å². The molecule has 0 saturated heterocycles. The van der Waals surface area contributed by atoms with Crippen LogP contribution in [0, 0.1) is 5.92 Å². The van der Waals surface area contributed by atoms with Gasteiger partial charge in [-0.1, -0.05) is 0 Å². The van der Waals surface area contributed by atoms with E-state index in [1.54, 1.807) is 11.8 Å². The molecule has 1 aliphatic rings. The first-order valence-corrected chi connectivity index (χ1v) is 8.15. The Morgan fingerprint density at radius 2 is 1.89 bits per heavy atom. The van der Waals surface area contributed by atoms with Crippen LogP contribution >= 0.6 is 11.8 Å². The Hall–Kier alpha value is 0.0600. The SMILES string of the molecule is CSCC(C)N(C)C1(CN)CCC(C(F)(F)F)CC1. The monoisotopic (exact) mass is 298 g/mol. The van der Waals surface area contributed by atoms with Gasteiger partial charge < -0.3 is 5.73 Å². The molecule has 1 saturated carbocycles. The van der Waals surface area contributed by atoms with E-state index in [0.717, 1.165) is 5.75 Å². The number of hydrogen-bond acceptors (Lipinski definition) is 3. The van der Waals surface area contributed by atoms with Crippen molar-refractivity contribution in [2.75, 3.05) is 25.6 Å². The van der Waals surface area contributed by atoms with E-state index in [2.05, 4.69) is 11.8 Å². The molecule has 1 atom stereocenters. The largest absolute Gasteiger partial charge is 0.391 e. The molecule has 1 aliphatic carbocycles. The van der Waals surface area contributed by atoms with Crippen LogP contribution < -0.4 is 5.73 Å². The second-order valence-corrected chi connectivity index (χ2v) is 6.57. The summed E-state index contributed by atoms with van der Waals surface area (Å²) in [6.07, 6.45) is -0.510. The molecule has 1 fully saturated rings. The van der Waals surface area contributed by atoms with E-state index in [1.165, 1.54) is 0 Å². The average molecular weight is 298 g/mol. The standard InChI is InChI=1S/C13H25F3N2S/c1-10(8-19-3)18(2)12(9-17)6-4-11(5-7-12)13(14,15)16/h10-11H,4-9,17H2,1-3H3. The maximum atomic E-state index is 12.7. The maximum absolute atomic E-state index is 12.7.